The van der Waals surface area contributed by atoms with E-state index < -0.39 is 10.0 Å². The average molecular weight is 309 g/mol. The van der Waals surface area contributed by atoms with Crippen molar-refractivity contribution in [3.63, 3.8) is 0 Å². The zero-order valence-electron chi connectivity index (χ0n) is 12.1. The minimum absolute atomic E-state index is 0.0755. The lowest BCUT2D eigenvalue weighted by Crippen LogP contribution is -2.13. The number of nitrogens with two attached hydrogens (primary N) is 1. The number of rotatable bonds is 6. The summed E-state index contributed by atoms with van der Waals surface area (Å²) in [6.45, 7) is 5.34. The number of sulfonamides is 1. The highest BCUT2D eigenvalue weighted by Crippen LogP contribution is 2.15. The Morgan fingerprint density at radius 1 is 1.29 bits per heavy atom. The second-order valence-corrected chi connectivity index (χ2v) is 6.56. The largest absolute Gasteiger partial charge is 0.492 e. The smallest absolute Gasteiger partial charge is 0.238 e. The van der Waals surface area contributed by atoms with Crippen LogP contribution in [0.15, 0.2) is 41.6 Å². The summed E-state index contributed by atoms with van der Waals surface area (Å²) in [5, 5.41) is 5.04. The molecule has 0 bridgehead atoms. The Morgan fingerprint density at radius 2 is 1.95 bits per heavy atom. The van der Waals surface area contributed by atoms with E-state index in [1.807, 2.05) is 10.8 Å². The Morgan fingerprint density at radius 3 is 2.52 bits per heavy atom. The number of nitrogens with zero attached hydrogens (tertiary/aromatic N) is 2. The van der Waals surface area contributed by atoms with E-state index >= 15 is 0 Å². The van der Waals surface area contributed by atoms with Crippen molar-refractivity contribution in [1.82, 2.24) is 9.55 Å². The number of benzene rings is 1. The van der Waals surface area contributed by atoms with Crippen molar-refractivity contribution >= 4 is 10.0 Å². The van der Waals surface area contributed by atoms with Crippen LogP contribution in [0, 0.1) is 0 Å². The van der Waals surface area contributed by atoms with Crippen molar-refractivity contribution in [2.24, 2.45) is 5.14 Å². The van der Waals surface area contributed by atoms with Gasteiger partial charge in [0.2, 0.25) is 10.0 Å². The summed E-state index contributed by atoms with van der Waals surface area (Å²) in [6.07, 6.45) is 3.69. The Balaban J connectivity index is 1.93. The highest BCUT2D eigenvalue weighted by molar-refractivity contribution is 7.89. The quantitative estimate of drug-likeness (QED) is 0.880. The molecular weight excluding hydrogens is 290 g/mol. The summed E-state index contributed by atoms with van der Waals surface area (Å²) >= 11 is 0. The molecule has 0 radical (unpaired) electrons. The summed E-state index contributed by atoms with van der Waals surface area (Å²) < 4.78 is 29.9. The zero-order chi connectivity index (χ0) is 15.5. The molecule has 0 saturated carbocycles. The molecule has 0 unspecified atom stereocenters. The third-order valence-corrected chi connectivity index (χ3v) is 3.95. The summed E-state index contributed by atoms with van der Waals surface area (Å²) in [4.78, 5) is 4.38. The van der Waals surface area contributed by atoms with Crippen LogP contribution in [-0.4, -0.2) is 24.6 Å². The molecule has 0 spiro atoms. The SMILES string of the molecule is CC(C)c1nccn1CCOc1ccc(S(N)(=O)=O)cc1. The molecule has 114 valence electrons. The molecule has 2 rings (SSSR count). The van der Waals surface area contributed by atoms with Gasteiger partial charge in [0.1, 0.15) is 18.2 Å². The number of hydrogen-bond donors (Lipinski definition) is 1. The number of aromatic nitrogens is 2. The topological polar surface area (TPSA) is 87.2 Å². The summed E-state index contributed by atoms with van der Waals surface area (Å²) in [5.41, 5.74) is 0. The molecule has 1 aromatic heterocycles. The molecule has 0 amide bonds. The molecular formula is C14H19N3O3S. The highest BCUT2D eigenvalue weighted by atomic mass is 32.2. The maximum absolute atomic E-state index is 11.1. The van der Waals surface area contributed by atoms with Crippen molar-refractivity contribution in [2.75, 3.05) is 6.61 Å². The van der Waals surface area contributed by atoms with Crippen molar-refractivity contribution in [3.05, 3.63) is 42.5 Å². The number of ether oxygens (including phenoxy) is 1. The van der Waals surface area contributed by atoms with Gasteiger partial charge in [-0.05, 0) is 24.3 Å². The number of primary sulfonamides is 1. The first-order valence-electron chi connectivity index (χ1n) is 6.64. The van der Waals surface area contributed by atoms with Crippen LogP contribution in [0.3, 0.4) is 0 Å². The second-order valence-electron chi connectivity index (χ2n) is 5.00. The van der Waals surface area contributed by atoms with Gasteiger partial charge in [-0.1, -0.05) is 13.8 Å². The van der Waals surface area contributed by atoms with E-state index in [2.05, 4.69) is 18.8 Å². The van der Waals surface area contributed by atoms with Crippen LogP contribution in [0.25, 0.3) is 0 Å². The van der Waals surface area contributed by atoms with Crippen LogP contribution < -0.4 is 9.88 Å². The third-order valence-electron chi connectivity index (χ3n) is 3.02. The van der Waals surface area contributed by atoms with Gasteiger partial charge in [-0.2, -0.15) is 0 Å². The minimum atomic E-state index is -3.66. The lowest BCUT2D eigenvalue weighted by atomic mass is 10.2. The molecule has 6 nitrogen and oxygen atoms in total. The van der Waals surface area contributed by atoms with Crippen LogP contribution in [-0.2, 0) is 16.6 Å². The van der Waals surface area contributed by atoms with Crippen LogP contribution in [0.1, 0.15) is 25.6 Å². The predicted octanol–water partition coefficient (Wildman–Crippen LogP) is 1.73. The molecule has 2 N–H and O–H groups in total. The van der Waals surface area contributed by atoms with Gasteiger partial charge in [-0.25, -0.2) is 18.5 Å². The average Bonchev–Trinajstić information content (AvgIpc) is 2.87. The van der Waals surface area contributed by atoms with Crippen LogP contribution >= 0.6 is 0 Å². The first-order chi connectivity index (χ1) is 9.88. The molecule has 21 heavy (non-hydrogen) atoms. The van der Waals surface area contributed by atoms with Crippen LogP contribution in [0.5, 0.6) is 5.75 Å². The lowest BCUT2D eigenvalue weighted by Gasteiger charge is -2.11. The van der Waals surface area contributed by atoms with Crippen LogP contribution in [0.2, 0.25) is 0 Å². The van der Waals surface area contributed by atoms with Gasteiger partial charge in [0.25, 0.3) is 0 Å². The Kier molecular flexibility index (Phi) is 4.64. The van der Waals surface area contributed by atoms with Crippen molar-refractivity contribution in [2.45, 2.75) is 31.2 Å². The zero-order valence-corrected chi connectivity index (χ0v) is 12.9. The van der Waals surface area contributed by atoms with Gasteiger partial charge in [0.05, 0.1) is 11.4 Å². The molecule has 1 heterocycles. The molecule has 7 heteroatoms. The van der Waals surface area contributed by atoms with E-state index in [0.717, 1.165) is 5.82 Å². The fraction of sp³-hybridized carbons (Fsp3) is 0.357. The molecule has 0 atom stereocenters. The van der Waals surface area contributed by atoms with Gasteiger partial charge in [-0.3, -0.25) is 0 Å². The van der Waals surface area contributed by atoms with Gasteiger partial charge in [-0.15, -0.1) is 0 Å². The van der Waals surface area contributed by atoms with Crippen molar-refractivity contribution in [1.29, 1.82) is 0 Å². The minimum Gasteiger partial charge on any atom is -0.492 e. The molecule has 1 aromatic carbocycles. The molecule has 0 saturated heterocycles. The van der Waals surface area contributed by atoms with Crippen molar-refractivity contribution < 1.29 is 13.2 Å². The number of hydrogen-bond acceptors (Lipinski definition) is 4. The Hall–Kier alpha value is -1.86. The van der Waals surface area contributed by atoms with Gasteiger partial charge >= 0.3 is 0 Å². The standard InChI is InChI=1S/C14H19N3O3S/c1-11(2)14-16-7-8-17(14)9-10-20-12-3-5-13(6-4-12)21(15,18)19/h3-8,11H,9-10H2,1-2H3,(H2,15,18,19). The normalized spacial score (nSPS) is 11.8. The summed E-state index contributed by atoms with van der Waals surface area (Å²) in [5.74, 6) is 1.98. The summed E-state index contributed by atoms with van der Waals surface area (Å²) in [6, 6.07) is 6.05. The van der Waals surface area contributed by atoms with Gasteiger partial charge in [0.15, 0.2) is 0 Å². The second kappa shape index (κ2) is 6.28. The van der Waals surface area contributed by atoms with Gasteiger partial charge in [0, 0.05) is 18.3 Å². The Bertz CT molecular complexity index is 691. The third kappa shape index (κ3) is 4.05. The molecule has 0 aliphatic carbocycles. The van der Waals surface area contributed by atoms with Crippen LogP contribution in [0.4, 0.5) is 0 Å². The maximum Gasteiger partial charge on any atom is 0.238 e. The van der Waals surface area contributed by atoms with E-state index in [1.54, 1.807) is 18.3 Å². The van der Waals surface area contributed by atoms with E-state index in [-0.39, 0.29) is 4.90 Å². The lowest BCUT2D eigenvalue weighted by molar-refractivity contribution is 0.295. The molecule has 2 aromatic rings. The predicted molar refractivity (Wildman–Crippen MR) is 79.6 cm³/mol. The highest BCUT2D eigenvalue weighted by Gasteiger charge is 2.08. The summed E-state index contributed by atoms with van der Waals surface area (Å²) in [7, 11) is -3.66. The fourth-order valence-electron chi connectivity index (χ4n) is 2.00. The molecule has 0 fully saturated rings. The van der Waals surface area contributed by atoms with Crippen molar-refractivity contribution in [3.8, 4) is 5.75 Å². The monoisotopic (exact) mass is 309 g/mol. The molecule has 0 aliphatic rings. The fourth-order valence-corrected chi connectivity index (χ4v) is 2.51. The Labute approximate surface area is 124 Å². The van der Waals surface area contributed by atoms with E-state index in [0.29, 0.717) is 24.8 Å². The van der Waals surface area contributed by atoms with E-state index in [1.165, 1.54) is 12.1 Å². The van der Waals surface area contributed by atoms with Gasteiger partial charge < -0.3 is 9.30 Å². The van der Waals surface area contributed by atoms with E-state index in [9.17, 15) is 8.42 Å². The first kappa shape index (κ1) is 15.5. The van der Waals surface area contributed by atoms with E-state index in [4.69, 9.17) is 9.88 Å². The molecule has 0 aliphatic heterocycles. The maximum atomic E-state index is 11.1. The first-order valence-corrected chi connectivity index (χ1v) is 8.19. The number of imidazole rings is 1.